The van der Waals surface area contributed by atoms with Crippen LogP contribution in [0.5, 0.6) is 5.75 Å². The molecule has 1 aliphatic rings. The Bertz CT molecular complexity index is 439. The lowest BCUT2D eigenvalue weighted by Gasteiger charge is -2.16. The third-order valence-electron chi connectivity index (χ3n) is 2.98. The minimum absolute atomic E-state index is 0.0413. The maximum Gasteiger partial charge on any atom is 0.253 e. The summed E-state index contributed by atoms with van der Waals surface area (Å²) in [4.78, 5) is 13.9. The van der Waals surface area contributed by atoms with Gasteiger partial charge in [-0.3, -0.25) is 4.79 Å². The second-order valence-corrected chi connectivity index (χ2v) is 5.39. The normalized spacial score (nSPS) is 19.6. The molecule has 0 aliphatic carbocycles. The second kappa shape index (κ2) is 5.27. The van der Waals surface area contributed by atoms with Crippen molar-refractivity contribution in [2.45, 2.75) is 6.42 Å². The van der Waals surface area contributed by atoms with Crippen LogP contribution in [0.2, 0.25) is 0 Å². The number of aromatic hydroxyl groups is 1. The van der Waals surface area contributed by atoms with Crippen molar-refractivity contribution in [3.63, 3.8) is 0 Å². The fourth-order valence-corrected chi connectivity index (χ4v) is 2.47. The van der Waals surface area contributed by atoms with E-state index in [1.165, 1.54) is 6.07 Å². The summed E-state index contributed by atoms with van der Waals surface area (Å²) in [6.07, 6.45) is 0.956. The number of alkyl halides is 1. The Morgan fingerprint density at radius 3 is 2.94 bits per heavy atom. The fourth-order valence-electron chi connectivity index (χ4n) is 1.97. The number of phenolic OH excluding ortho intramolecular Hbond substituents is 1. The van der Waals surface area contributed by atoms with E-state index in [2.05, 4.69) is 15.9 Å². The Kier molecular flexibility index (Phi) is 3.94. The summed E-state index contributed by atoms with van der Waals surface area (Å²) < 4.78 is 0.592. The zero-order valence-electron chi connectivity index (χ0n) is 9.20. The van der Waals surface area contributed by atoms with Gasteiger partial charge in [-0.25, -0.2) is 0 Å². The van der Waals surface area contributed by atoms with Crippen LogP contribution < -0.4 is 0 Å². The molecule has 17 heavy (non-hydrogen) atoms. The van der Waals surface area contributed by atoms with Gasteiger partial charge in [0, 0.05) is 24.5 Å². The van der Waals surface area contributed by atoms with Crippen LogP contribution >= 0.6 is 27.5 Å². The average Bonchev–Trinajstić information content (AvgIpc) is 2.80. The first-order valence-electron chi connectivity index (χ1n) is 5.45. The predicted molar refractivity (Wildman–Crippen MR) is 70.5 cm³/mol. The van der Waals surface area contributed by atoms with Gasteiger partial charge in [-0.2, -0.15) is 0 Å². The number of phenols is 1. The van der Waals surface area contributed by atoms with Gasteiger partial charge in [0.15, 0.2) is 0 Å². The summed E-state index contributed by atoms with van der Waals surface area (Å²) >= 11 is 8.98. The number of hydrogen-bond acceptors (Lipinski definition) is 2. The van der Waals surface area contributed by atoms with Gasteiger partial charge in [0.1, 0.15) is 5.75 Å². The summed E-state index contributed by atoms with van der Waals surface area (Å²) in [5, 5.41) is 9.55. The van der Waals surface area contributed by atoms with Crippen molar-refractivity contribution in [1.29, 1.82) is 0 Å². The Labute approximate surface area is 114 Å². The molecule has 1 N–H and O–H groups in total. The first-order valence-corrected chi connectivity index (χ1v) is 6.78. The number of amides is 1. The predicted octanol–water partition coefficient (Wildman–Crippen LogP) is 2.86. The molecule has 2 rings (SSSR count). The maximum atomic E-state index is 12.1. The van der Waals surface area contributed by atoms with Crippen molar-refractivity contribution in [2.75, 3.05) is 19.0 Å². The van der Waals surface area contributed by atoms with E-state index >= 15 is 0 Å². The molecule has 0 radical (unpaired) electrons. The lowest BCUT2D eigenvalue weighted by molar-refractivity contribution is 0.0788. The minimum Gasteiger partial charge on any atom is -0.507 e. The molecule has 1 aromatic carbocycles. The number of benzene rings is 1. The quantitative estimate of drug-likeness (QED) is 0.852. The molecule has 1 aromatic rings. The van der Waals surface area contributed by atoms with Crippen LogP contribution in [0.3, 0.4) is 0 Å². The number of rotatable bonds is 2. The van der Waals surface area contributed by atoms with E-state index in [4.69, 9.17) is 11.6 Å². The molecule has 0 bridgehead atoms. The highest BCUT2D eigenvalue weighted by atomic mass is 79.9. The number of nitrogens with zero attached hydrogens (tertiary/aromatic N) is 1. The molecule has 92 valence electrons. The molecule has 1 fully saturated rings. The van der Waals surface area contributed by atoms with Gasteiger partial charge in [0.2, 0.25) is 0 Å². The van der Waals surface area contributed by atoms with Gasteiger partial charge in [-0.1, -0.05) is 0 Å². The largest absolute Gasteiger partial charge is 0.507 e. The maximum absolute atomic E-state index is 12.1. The van der Waals surface area contributed by atoms with Crippen LogP contribution in [0.4, 0.5) is 0 Å². The van der Waals surface area contributed by atoms with Crippen molar-refractivity contribution in [1.82, 2.24) is 4.90 Å². The first-order chi connectivity index (χ1) is 8.11. The van der Waals surface area contributed by atoms with Gasteiger partial charge in [0.25, 0.3) is 5.91 Å². The molecule has 3 nitrogen and oxygen atoms in total. The minimum atomic E-state index is -0.0413. The van der Waals surface area contributed by atoms with Gasteiger partial charge in [-0.15, -0.1) is 11.6 Å². The molecular weight excluding hydrogens is 305 g/mol. The van der Waals surface area contributed by atoms with E-state index in [0.717, 1.165) is 13.0 Å². The van der Waals surface area contributed by atoms with E-state index in [1.54, 1.807) is 17.0 Å². The summed E-state index contributed by atoms with van der Waals surface area (Å²) in [6.45, 7) is 1.45. The third kappa shape index (κ3) is 2.75. The van der Waals surface area contributed by atoms with E-state index in [9.17, 15) is 9.90 Å². The van der Waals surface area contributed by atoms with Gasteiger partial charge < -0.3 is 10.0 Å². The molecular formula is C12H13BrClNO2. The molecule has 1 heterocycles. The number of carbonyl (C=O) groups is 1. The smallest absolute Gasteiger partial charge is 0.253 e. The van der Waals surface area contributed by atoms with Crippen LogP contribution in [0.25, 0.3) is 0 Å². The molecule has 5 heteroatoms. The van der Waals surface area contributed by atoms with Crippen LogP contribution in [0.15, 0.2) is 22.7 Å². The van der Waals surface area contributed by atoms with Crippen molar-refractivity contribution in [2.24, 2.45) is 5.92 Å². The van der Waals surface area contributed by atoms with Crippen molar-refractivity contribution in [3.05, 3.63) is 28.2 Å². The van der Waals surface area contributed by atoms with E-state index in [0.29, 0.717) is 28.4 Å². The lowest BCUT2D eigenvalue weighted by Crippen LogP contribution is -2.28. The molecule has 1 amide bonds. The van der Waals surface area contributed by atoms with Crippen LogP contribution in [0.1, 0.15) is 16.8 Å². The highest BCUT2D eigenvalue weighted by Crippen LogP contribution is 2.26. The van der Waals surface area contributed by atoms with Crippen LogP contribution in [0, 0.1) is 5.92 Å². The zero-order chi connectivity index (χ0) is 12.4. The zero-order valence-corrected chi connectivity index (χ0v) is 11.5. The van der Waals surface area contributed by atoms with Gasteiger partial charge >= 0.3 is 0 Å². The average molecular weight is 319 g/mol. The number of carbonyl (C=O) groups excluding carboxylic acids is 1. The van der Waals surface area contributed by atoms with Gasteiger partial charge in [-0.05, 0) is 46.5 Å². The lowest BCUT2D eigenvalue weighted by atomic mass is 10.1. The van der Waals surface area contributed by atoms with Crippen LogP contribution in [-0.4, -0.2) is 34.9 Å². The monoisotopic (exact) mass is 317 g/mol. The second-order valence-electron chi connectivity index (χ2n) is 4.23. The highest BCUT2D eigenvalue weighted by molar-refractivity contribution is 9.10. The van der Waals surface area contributed by atoms with Crippen molar-refractivity contribution in [3.8, 4) is 5.75 Å². The Morgan fingerprint density at radius 1 is 1.59 bits per heavy atom. The third-order valence-corrected chi connectivity index (χ3v) is 4.09. The number of likely N-dealkylation sites (tertiary alicyclic amines) is 1. The fraction of sp³-hybridized carbons (Fsp3) is 0.417. The molecule has 1 saturated heterocycles. The summed E-state index contributed by atoms with van der Waals surface area (Å²) in [7, 11) is 0. The molecule has 1 atom stereocenters. The Hall–Kier alpha value is -0.740. The summed E-state index contributed by atoms with van der Waals surface area (Å²) in [5.41, 5.74) is 0.515. The Balaban J connectivity index is 2.12. The highest BCUT2D eigenvalue weighted by Gasteiger charge is 2.26. The SMILES string of the molecule is O=C(c1ccc(Br)c(O)c1)N1CCC(CCl)C1. The van der Waals surface area contributed by atoms with Crippen molar-refractivity contribution >= 4 is 33.4 Å². The van der Waals surface area contributed by atoms with E-state index in [1.807, 2.05) is 0 Å². The van der Waals surface area contributed by atoms with E-state index in [-0.39, 0.29) is 11.7 Å². The van der Waals surface area contributed by atoms with E-state index < -0.39 is 0 Å². The molecule has 0 saturated carbocycles. The number of hydrogen-bond donors (Lipinski definition) is 1. The van der Waals surface area contributed by atoms with Crippen LogP contribution in [-0.2, 0) is 0 Å². The Morgan fingerprint density at radius 2 is 2.35 bits per heavy atom. The topological polar surface area (TPSA) is 40.5 Å². The molecule has 1 unspecified atom stereocenters. The van der Waals surface area contributed by atoms with Gasteiger partial charge in [0.05, 0.1) is 4.47 Å². The molecule has 1 aliphatic heterocycles. The summed E-state index contributed by atoms with van der Waals surface area (Å²) in [6, 6.07) is 4.87. The molecule has 0 aromatic heterocycles. The standard InChI is InChI=1S/C12H13BrClNO2/c13-10-2-1-9(5-11(10)16)12(17)15-4-3-8(6-14)7-15/h1-2,5,8,16H,3-4,6-7H2. The first kappa shape index (κ1) is 12.7. The van der Waals surface area contributed by atoms with Crippen molar-refractivity contribution < 1.29 is 9.90 Å². The molecule has 0 spiro atoms. The number of halogens is 2. The summed E-state index contributed by atoms with van der Waals surface area (Å²) in [5.74, 6) is 1.03.